The van der Waals surface area contributed by atoms with Crippen molar-refractivity contribution in [3.05, 3.63) is 29.5 Å². The van der Waals surface area contributed by atoms with Crippen LogP contribution in [-0.4, -0.2) is 22.7 Å². The summed E-state index contributed by atoms with van der Waals surface area (Å²) in [5.41, 5.74) is 1.10. The Morgan fingerprint density at radius 1 is 1.44 bits per heavy atom. The minimum atomic E-state index is -0.272. The topological polar surface area (TPSA) is 70.6 Å². The first-order valence-electron chi connectivity index (χ1n) is 5.40. The fourth-order valence-electron chi connectivity index (χ4n) is 1.54. The third-order valence-corrected chi connectivity index (χ3v) is 2.52. The predicted molar refractivity (Wildman–Crippen MR) is 71.1 cm³/mol. The number of phenols is 1. The number of carbonyl (C=O) groups is 1. The molecule has 0 atom stereocenters. The molecule has 18 heavy (non-hydrogen) atoms. The number of thiocarbonyl (C=S) groups is 1. The van der Waals surface area contributed by atoms with Gasteiger partial charge in [-0.1, -0.05) is 6.07 Å². The number of ether oxygens (including phenoxy) is 1. The number of nitrogens with one attached hydrogen (secondary N) is 2. The van der Waals surface area contributed by atoms with Gasteiger partial charge in [-0.3, -0.25) is 10.1 Å². The van der Waals surface area contributed by atoms with Crippen LogP contribution in [0.15, 0.2) is 23.9 Å². The number of carbonyl (C=O) groups excluding carboxylic acids is 1. The van der Waals surface area contributed by atoms with E-state index in [-0.39, 0.29) is 16.8 Å². The van der Waals surface area contributed by atoms with Crippen molar-refractivity contribution in [2.24, 2.45) is 0 Å². The summed E-state index contributed by atoms with van der Waals surface area (Å²) in [6, 6.07) is 4.85. The van der Waals surface area contributed by atoms with Gasteiger partial charge < -0.3 is 15.2 Å². The van der Waals surface area contributed by atoms with E-state index in [2.05, 4.69) is 10.6 Å². The maximum atomic E-state index is 11.5. The average molecular weight is 264 g/mol. The molecule has 1 aliphatic heterocycles. The van der Waals surface area contributed by atoms with Crippen molar-refractivity contribution in [2.75, 3.05) is 6.61 Å². The highest BCUT2D eigenvalue weighted by molar-refractivity contribution is 7.80. The zero-order valence-electron chi connectivity index (χ0n) is 9.69. The molecule has 94 valence electrons. The largest absolute Gasteiger partial charge is 0.504 e. The normalized spacial score (nSPS) is 16.6. The van der Waals surface area contributed by atoms with E-state index in [4.69, 9.17) is 17.0 Å². The summed E-state index contributed by atoms with van der Waals surface area (Å²) in [4.78, 5) is 11.5. The smallest absolute Gasteiger partial charge is 0.273 e. The maximum absolute atomic E-state index is 11.5. The second kappa shape index (κ2) is 5.05. The quantitative estimate of drug-likeness (QED) is 0.564. The van der Waals surface area contributed by atoms with Gasteiger partial charge in [0.2, 0.25) is 0 Å². The lowest BCUT2D eigenvalue weighted by atomic mass is 10.1. The van der Waals surface area contributed by atoms with Gasteiger partial charge in [-0.15, -0.1) is 0 Å². The molecule has 1 amide bonds. The Morgan fingerprint density at radius 2 is 2.22 bits per heavy atom. The number of phenolic OH excluding ortho intramolecular Hbond substituents is 1. The Bertz CT molecular complexity index is 540. The Morgan fingerprint density at radius 3 is 2.83 bits per heavy atom. The molecule has 2 rings (SSSR count). The lowest BCUT2D eigenvalue weighted by Crippen LogP contribution is -2.21. The van der Waals surface area contributed by atoms with Crippen LogP contribution in [0.1, 0.15) is 12.5 Å². The van der Waals surface area contributed by atoms with Gasteiger partial charge in [0, 0.05) is 0 Å². The molecular formula is C12H12N2O3S. The van der Waals surface area contributed by atoms with Crippen LogP contribution in [0.5, 0.6) is 11.5 Å². The van der Waals surface area contributed by atoms with E-state index in [9.17, 15) is 9.90 Å². The number of benzene rings is 1. The van der Waals surface area contributed by atoms with E-state index >= 15 is 0 Å². The first-order chi connectivity index (χ1) is 8.60. The molecule has 1 saturated heterocycles. The number of aromatic hydroxyl groups is 1. The van der Waals surface area contributed by atoms with Crippen molar-refractivity contribution < 1.29 is 14.6 Å². The fraction of sp³-hybridized carbons (Fsp3) is 0.167. The number of amides is 1. The minimum absolute atomic E-state index is 0.0679. The summed E-state index contributed by atoms with van der Waals surface area (Å²) < 4.78 is 5.26. The van der Waals surface area contributed by atoms with Crippen LogP contribution in [0.4, 0.5) is 0 Å². The Balaban J connectivity index is 2.29. The summed E-state index contributed by atoms with van der Waals surface area (Å²) in [5, 5.41) is 15.1. The van der Waals surface area contributed by atoms with E-state index in [1.54, 1.807) is 18.2 Å². The first kappa shape index (κ1) is 12.4. The molecule has 1 aromatic carbocycles. The number of hydrogen-bond donors (Lipinski definition) is 3. The van der Waals surface area contributed by atoms with E-state index in [0.717, 1.165) is 5.56 Å². The van der Waals surface area contributed by atoms with Gasteiger partial charge in [0.25, 0.3) is 5.91 Å². The highest BCUT2D eigenvalue weighted by atomic mass is 32.1. The molecular weight excluding hydrogens is 252 g/mol. The standard InChI is InChI=1S/C12H12N2O3S/c1-2-17-10-6-7(3-4-9(10)15)5-8-11(16)14-12(18)13-8/h3-6,15H,2H2,1H3,(H2,13,14,16,18)/b8-5-. The molecule has 0 aliphatic carbocycles. The molecule has 6 heteroatoms. The first-order valence-corrected chi connectivity index (χ1v) is 5.81. The molecule has 5 nitrogen and oxygen atoms in total. The second-order valence-electron chi connectivity index (χ2n) is 3.63. The molecule has 0 bridgehead atoms. The van der Waals surface area contributed by atoms with Crippen molar-refractivity contribution in [2.45, 2.75) is 6.92 Å². The van der Waals surface area contributed by atoms with Crippen molar-refractivity contribution >= 4 is 29.3 Å². The Labute approximate surface area is 109 Å². The third kappa shape index (κ3) is 2.60. The third-order valence-electron chi connectivity index (χ3n) is 2.31. The maximum Gasteiger partial charge on any atom is 0.273 e. The molecule has 0 aromatic heterocycles. The Hall–Kier alpha value is -2.08. The van der Waals surface area contributed by atoms with Gasteiger partial charge in [-0.05, 0) is 42.9 Å². The fourth-order valence-corrected chi connectivity index (χ4v) is 1.74. The summed E-state index contributed by atoms with van der Waals surface area (Å²) in [5.74, 6) is 0.178. The molecule has 0 saturated carbocycles. The number of rotatable bonds is 3. The summed E-state index contributed by atoms with van der Waals surface area (Å²) in [6.07, 6.45) is 1.64. The van der Waals surface area contributed by atoms with Gasteiger partial charge in [0.1, 0.15) is 5.70 Å². The summed E-state index contributed by atoms with van der Waals surface area (Å²) in [6.45, 7) is 2.28. The molecule has 3 N–H and O–H groups in total. The van der Waals surface area contributed by atoms with Gasteiger partial charge >= 0.3 is 0 Å². The molecule has 1 aromatic rings. The highest BCUT2D eigenvalue weighted by Gasteiger charge is 2.19. The molecule has 0 spiro atoms. The summed E-state index contributed by atoms with van der Waals surface area (Å²) in [7, 11) is 0. The SMILES string of the molecule is CCOc1cc(/C=C2\NC(=S)NC2=O)ccc1O. The van der Waals surface area contributed by atoms with E-state index in [1.807, 2.05) is 6.92 Å². The molecule has 1 heterocycles. The predicted octanol–water partition coefficient (Wildman–Crippen LogP) is 1.14. The zero-order chi connectivity index (χ0) is 13.1. The highest BCUT2D eigenvalue weighted by Crippen LogP contribution is 2.27. The van der Waals surface area contributed by atoms with Gasteiger partial charge in [-0.25, -0.2) is 0 Å². The van der Waals surface area contributed by atoms with E-state index in [0.29, 0.717) is 18.1 Å². The Kier molecular flexibility index (Phi) is 3.47. The number of hydrogen-bond acceptors (Lipinski definition) is 4. The van der Waals surface area contributed by atoms with Crippen molar-refractivity contribution in [3.63, 3.8) is 0 Å². The van der Waals surface area contributed by atoms with Gasteiger partial charge in [-0.2, -0.15) is 0 Å². The monoisotopic (exact) mass is 264 g/mol. The van der Waals surface area contributed by atoms with Crippen LogP contribution in [0, 0.1) is 0 Å². The van der Waals surface area contributed by atoms with E-state index in [1.165, 1.54) is 6.07 Å². The van der Waals surface area contributed by atoms with Crippen molar-refractivity contribution in [3.8, 4) is 11.5 Å². The van der Waals surface area contributed by atoms with Crippen molar-refractivity contribution in [1.82, 2.24) is 10.6 Å². The molecule has 1 aliphatic rings. The molecule has 1 fully saturated rings. The van der Waals surface area contributed by atoms with Crippen molar-refractivity contribution in [1.29, 1.82) is 0 Å². The van der Waals surface area contributed by atoms with Gasteiger partial charge in [0.15, 0.2) is 16.6 Å². The van der Waals surface area contributed by atoms with Crippen LogP contribution < -0.4 is 15.4 Å². The average Bonchev–Trinajstić information content (AvgIpc) is 2.62. The lowest BCUT2D eigenvalue weighted by molar-refractivity contribution is -0.115. The van der Waals surface area contributed by atoms with Crippen LogP contribution in [-0.2, 0) is 4.79 Å². The van der Waals surface area contributed by atoms with Crippen LogP contribution in [0.2, 0.25) is 0 Å². The van der Waals surface area contributed by atoms with Crippen LogP contribution in [0.25, 0.3) is 6.08 Å². The van der Waals surface area contributed by atoms with E-state index < -0.39 is 0 Å². The lowest BCUT2D eigenvalue weighted by Gasteiger charge is -2.06. The minimum Gasteiger partial charge on any atom is -0.504 e. The van der Waals surface area contributed by atoms with Crippen LogP contribution in [0.3, 0.4) is 0 Å². The summed E-state index contributed by atoms with van der Waals surface area (Å²) >= 11 is 4.83. The zero-order valence-corrected chi connectivity index (χ0v) is 10.5. The molecule has 0 unspecified atom stereocenters. The molecule has 0 radical (unpaired) electrons. The van der Waals surface area contributed by atoms with Crippen LogP contribution >= 0.6 is 12.2 Å². The second-order valence-corrected chi connectivity index (χ2v) is 4.03. The van der Waals surface area contributed by atoms with Gasteiger partial charge in [0.05, 0.1) is 6.61 Å².